The lowest BCUT2D eigenvalue weighted by Gasteiger charge is -2.18. The van der Waals surface area contributed by atoms with Crippen LogP contribution in [0.5, 0.6) is 0 Å². The van der Waals surface area contributed by atoms with E-state index < -0.39 is 6.10 Å². The minimum Gasteiger partial charge on any atom is -0.462 e. The van der Waals surface area contributed by atoms with Crippen molar-refractivity contribution >= 4 is 11.9 Å². The van der Waals surface area contributed by atoms with Gasteiger partial charge in [-0.05, 0) is 51.4 Å². The lowest BCUT2D eigenvalue weighted by molar-refractivity contribution is -0.163. The normalized spacial score (nSPS) is 12.3. The van der Waals surface area contributed by atoms with E-state index in [1.54, 1.807) is 0 Å². The SMILES string of the molecule is CCCCC/C=C\C/C=C\CCCCCCCCCCCC(=O)OCC(COCCCCCCCCCCCC)OC(=O)CCCCCCC. The molecule has 1 atom stereocenters. The summed E-state index contributed by atoms with van der Waals surface area (Å²) in [4.78, 5) is 24.9. The van der Waals surface area contributed by atoms with E-state index in [-0.39, 0.29) is 18.5 Å². The van der Waals surface area contributed by atoms with Crippen molar-refractivity contribution in [1.29, 1.82) is 0 Å². The molecule has 0 fully saturated rings. The van der Waals surface area contributed by atoms with Crippen LogP contribution >= 0.6 is 0 Å². The van der Waals surface area contributed by atoms with Crippen LogP contribution < -0.4 is 0 Å². The number of carbonyl (C=O) groups is 2. The number of esters is 2. The molecule has 0 amide bonds. The molecule has 0 rings (SSSR count). The van der Waals surface area contributed by atoms with Crippen LogP contribution in [0.4, 0.5) is 0 Å². The van der Waals surface area contributed by atoms with Gasteiger partial charge in [-0.3, -0.25) is 9.59 Å². The summed E-state index contributed by atoms with van der Waals surface area (Å²) in [6.45, 7) is 7.74. The first-order chi connectivity index (χ1) is 24.6. The Morgan fingerprint density at radius 3 is 1.36 bits per heavy atom. The highest BCUT2D eigenvalue weighted by molar-refractivity contribution is 5.70. The van der Waals surface area contributed by atoms with Crippen LogP contribution in [-0.2, 0) is 23.8 Å². The van der Waals surface area contributed by atoms with Crippen molar-refractivity contribution in [2.24, 2.45) is 0 Å². The molecule has 0 aromatic heterocycles. The molecular formula is C45H84O5. The predicted octanol–water partition coefficient (Wildman–Crippen LogP) is 14.1. The first-order valence-corrected chi connectivity index (χ1v) is 21.9. The Labute approximate surface area is 311 Å². The van der Waals surface area contributed by atoms with Gasteiger partial charge >= 0.3 is 11.9 Å². The molecule has 0 bridgehead atoms. The summed E-state index contributed by atoms with van der Waals surface area (Å²) in [7, 11) is 0. The van der Waals surface area contributed by atoms with Crippen LogP contribution in [0, 0.1) is 0 Å². The summed E-state index contributed by atoms with van der Waals surface area (Å²) in [5, 5.41) is 0. The Bertz CT molecular complexity index is 761. The van der Waals surface area contributed by atoms with Gasteiger partial charge in [0.05, 0.1) is 6.61 Å². The van der Waals surface area contributed by atoms with Crippen LogP contribution in [0.15, 0.2) is 24.3 Å². The Kier molecular flexibility index (Phi) is 40.4. The summed E-state index contributed by atoms with van der Waals surface area (Å²) in [5.41, 5.74) is 0. The molecule has 0 aliphatic carbocycles. The molecule has 1 unspecified atom stereocenters. The van der Waals surface area contributed by atoms with E-state index >= 15 is 0 Å². The highest BCUT2D eigenvalue weighted by Crippen LogP contribution is 2.14. The van der Waals surface area contributed by atoms with Crippen LogP contribution in [0.1, 0.15) is 226 Å². The number of rotatable bonds is 40. The second kappa shape index (κ2) is 41.8. The highest BCUT2D eigenvalue weighted by Gasteiger charge is 2.17. The molecule has 0 aliphatic heterocycles. The number of carbonyl (C=O) groups excluding carboxylic acids is 2. The van der Waals surface area contributed by atoms with Crippen LogP contribution in [0.25, 0.3) is 0 Å². The maximum Gasteiger partial charge on any atom is 0.306 e. The minimum atomic E-state index is -0.525. The third-order valence-electron chi connectivity index (χ3n) is 9.49. The molecule has 0 radical (unpaired) electrons. The molecule has 0 N–H and O–H groups in total. The van der Waals surface area contributed by atoms with Gasteiger partial charge in [0, 0.05) is 19.4 Å². The van der Waals surface area contributed by atoms with Gasteiger partial charge in [0.25, 0.3) is 0 Å². The predicted molar refractivity (Wildman–Crippen MR) is 215 cm³/mol. The van der Waals surface area contributed by atoms with Crippen molar-refractivity contribution in [3.63, 3.8) is 0 Å². The molecule has 294 valence electrons. The van der Waals surface area contributed by atoms with Gasteiger partial charge in [-0.25, -0.2) is 0 Å². The van der Waals surface area contributed by atoms with Gasteiger partial charge < -0.3 is 14.2 Å². The van der Waals surface area contributed by atoms with Crippen molar-refractivity contribution in [3.8, 4) is 0 Å². The van der Waals surface area contributed by atoms with Crippen molar-refractivity contribution in [3.05, 3.63) is 24.3 Å². The lowest BCUT2D eigenvalue weighted by atomic mass is 10.1. The maximum atomic E-state index is 12.5. The monoisotopic (exact) mass is 705 g/mol. The molecule has 0 aliphatic rings. The second-order valence-electron chi connectivity index (χ2n) is 14.6. The molecule has 0 saturated heterocycles. The molecule has 5 nitrogen and oxygen atoms in total. The fourth-order valence-corrected chi connectivity index (χ4v) is 6.19. The Balaban J connectivity index is 3.99. The number of allylic oxidation sites excluding steroid dienone is 4. The van der Waals surface area contributed by atoms with E-state index in [9.17, 15) is 9.59 Å². The molecule has 5 heteroatoms. The average Bonchev–Trinajstić information content (AvgIpc) is 3.11. The van der Waals surface area contributed by atoms with E-state index in [0.717, 1.165) is 44.9 Å². The average molecular weight is 705 g/mol. The largest absolute Gasteiger partial charge is 0.462 e. The first-order valence-electron chi connectivity index (χ1n) is 21.9. The van der Waals surface area contributed by atoms with Crippen molar-refractivity contribution in [2.75, 3.05) is 19.8 Å². The topological polar surface area (TPSA) is 61.8 Å². The molecule has 0 spiro atoms. The quantitative estimate of drug-likeness (QED) is 0.0361. The van der Waals surface area contributed by atoms with Gasteiger partial charge in [-0.15, -0.1) is 0 Å². The number of hydrogen-bond donors (Lipinski definition) is 0. The number of unbranched alkanes of at least 4 members (excludes halogenated alkanes) is 25. The van der Waals surface area contributed by atoms with Crippen LogP contribution in [0.2, 0.25) is 0 Å². The fourth-order valence-electron chi connectivity index (χ4n) is 6.19. The van der Waals surface area contributed by atoms with E-state index in [1.165, 1.54) is 148 Å². The van der Waals surface area contributed by atoms with Crippen molar-refractivity contribution in [2.45, 2.75) is 232 Å². The van der Waals surface area contributed by atoms with Crippen LogP contribution in [-0.4, -0.2) is 37.9 Å². The van der Waals surface area contributed by atoms with E-state index in [0.29, 0.717) is 26.1 Å². The maximum absolute atomic E-state index is 12.5. The Morgan fingerprint density at radius 2 is 0.840 bits per heavy atom. The third kappa shape index (κ3) is 39.2. The zero-order valence-electron chi connectivity index (χ0n) is 33.7. The van der Waals surface area contributed by atoms with Crippen LogP contribution in [0.3, 0.4) is 0 Å². The fraction of sp³-hybridized carbons (Fsp3) is 0.867. The summed E-state index contributed by atoms with van der Waals surface area (Å²) in [6, 6.07) is 0. The van der Waals surface area contributed by atoms with Gasteiger partial charge in [0.2, 0.25) is 0 Å². The molecular weight excluding hydrogens is 620 g/mol. The lowest BCUT2D eigenvalue weighted by Crippen LogP contribution is -2.30. The van der Waals surface area contributed by atoms with Crippen molar-refractivity contribution < 1.29 is 23.8 Å². The number of hydrogen-bond acceptors (Lipinski definition) is 5. The van der Waals surface area contributed by atoms with E-state index in [4.69, 9.17) is 14.2 Å². The first kappa shape index (κ1) is 48.4. The second-order valence-corrected chi connectivity index (χ2v) is 14.6. The van der Waals surface area contributed by atoms with Gasteiger partial charge in [0.1, 0.15) is 6.61 Å². The highest BCUT2D eigenvalue weighted by atomic mass is 16.6. The summed E-state index contributed by atoms with van der Waals surface area (Å²) >= 11 is 0. The summed E-state index contributed by atoms with van der Waals surface area (Å²) in [6.07, 6.45) is 46.2. The van der Waals surface area contributed by atoms with Gasteiger partial charge in [-0.1, -0.05) is 186 Å². The van der Waals surface area contributed by atoms with E-state index in [2.05, 4.69) is 45.1 Å². The van der Waals surface area contributed by atoms with E-state index in [1.807, 2.05) is 0 Å². The zero-order valence-corrected chi connectivity index (χ0v) is 33.7. The standard InChI is InChI=1S/C45H84O5/c1-4-7-10-13-15-17-19-20-21-22-23-24-25-26-27-28-30-33-35-38-44(46)49-42-43(50-45(47)39-36-32-12-9-6-3)41-48-40-37-34-31-29-18-16-14-11-8-5-2/h15,17,20-21,43H,4-14,16,18-19,22-42H2,1-3H3/b17-15-,21-20-. The van der Waals surface area contributed by atoms with Gasteiger partial charge in [0.15, 0.2) is 6.10 Å². The smallest absolute Gasteiger partial charge is 0.306 e. The molecule has 0 heterocycles. The van der Waals surface area contributed by atoms with Crippen molar-refractivity contribution in [1.82, 2.24) is 0 Å². The third-order valence-corrected chi connectivity index (χ3v) is 9.49. The molecule has 0 aromatic rings. The van der Waals surface area contributed by atoms with Gasteiger partial charge in [-0.2, -0.15) is 0 Å². The zero-order chi connectivity index (χ0) is 36.4. The Hall–Kier alpha value is -1.62. The number of ether oxygens (including phenoxy) is 3. The molecule has 0 aromatic carbocycles. The molecule has 50 heavy (non-hydrogen) atoms. The summed E-state index contributed by atoms with van der Waals surface area (Å²) < 4.78 is 17.1. The minimum absolute atomic E-state index is 0.0877. The molecule has 0 saturated carbocycles. The Morgan fingerprint density at radius 1 is 0.440 bits per heavy atom. The summed E-state index contributed by atoms with van der Waals surface area (Å²) in [5.74, 6) is -0.407.